The normalized spacial score (nSPS) is 22.9. The fourth-order valence-corrected chi connectivity index (χ4v) is 6.31. The topological polar surface area (TPSA) is 90.6 Å². The molecule has 2 saturated heterocycles. The predicted molar refractivity (Wildman–Crippen MR) is 144 cm³/mol. The lowest BCUT2D eigenvalue weighted by molar-refractivity contribution is 0.0693. The van der Waals surface area contributed by atoms with Crippen molar-refractivity contribution in [3.05, 3.63) is 69.9 Å². The Kier molecular flexibility index (Phi) is 7.31. The van der Waals surface area contributed by atoms with Gasteiger partial charge in [0.05, 0.1) is 11.1 Å². The fraction of sp³-hybridized carbons (Fsp3) is 0.483. The molecule has 1 aromatic carbocycles. The van der Waals surface area contributed by atoms with E-state index in [9.17, 15) is 18.4 Å². The summed E-state index contributed by atoms with van der Waals surface area (Å²) in [6, 6.07) is 10.3. The van der Waals surface area contributed by atoms with Gasteiger partial charge in [0.2, 0.25) is 5.95 Å². The Hall–Kier alpha value is -3.37. The number of halogens is 2. The van der Waals surface area contributed by atoms with E-state index >= 15 is 0 Å². The molecule has 2 aliphatic heterocycles. The average Bonchev–Trinajstić information content (AvgIpc) is 3.44. The van der Waals surface area contributed by atoms with E-state index in [1.165, 1.54) is 6.07 Å². The van der Waals surface area contributed by atoms with Gasteiger partial charge < -0.3 is 19.9 Å². The third kappa shape index (κ3) is 5.40. The van der Waals surface area contributed by atoms with Crippen LogP contribution in [0.25, 0.3) is 10.8 Å². The van der Waals surface area contributed by atoms with E-state index in [2.05, 4.69) is 20.2 Å². The SMILES string of the molecule is O=C(NC1CCOCC1)c1ccc(N2CCN([C@H]3CC[C@@H](c4cc5cccc(F)c5c(=O)[nH]4)C3)CC2)c(F)n1. The number of rotatable bonds is 5. The summed E-state index contributed by atoms with van der Waals surface area (Å²) in [4.78, 5) is 36.4. The molecule has 0 unspecified atom stereocenters. The zero-order valence-corrected chi connectivity index (χ0v) is 21.8. The van der Waals surface area contributed by atoms with Crippen LogP contribution in [-0.2, 0) is 4.74 Å². The molecule has 3 aromatic rings. The van der Waals surface area contributed by atoms with Crippen LogP contribution in [0.5, 0.6) is 0 Å². The van der Waals surface area contributed by atoms with Crippen LogP contribution in [0, 0.1) is 11.8 Å². The summed E-state index contributed by atoms with van der Waals surface area (Å²) in [5.74, 6) is -1.26. The number of amides is 1. The number of nitrogens with zero attached hydrogens (tertiary/aromatic N) is 3. The van der Waals surface area contributed by atoms with Crippen molar-refractivity contribution in [3.63, 3.8) is 0 Å². The molecular formula is C29H33F2N5O3. The first-order valence-electron chi connectivity index (χ1n) is 13.8. The standard InChI is InChI=1S/C29H33F2N5O3/c30-22-3-1-2-19-17-24(34-29(38)26(19)22)18-4-5-21(16-18)35-10-12-36(13-11-35)25-7-6-23(33-27(25)31)28(37)32-20-8-14-39-15-9-20/h1-3,6-7,17-18,20-21H,4-5,8-16H2,(H,32,37)(H,34,38)/t18-,21+/m1/s1. The number of carbonyl (C=O) groups is 1. The van der Waals surface area contributed by atoms with Crippen molar-refractivity contribution in [2.45, 2.75) is 50.1 Å². The molecule has 2 N–H and O–H groups in total. The lowest BCUT2D eigenvalue weighted by Crippen LogP contribution is -2.50. The van der Waals surface area contributed by atoms with Gasteiger partial charge in [0.1, 0.15) is 11.5 Å². The molecule has 3 fully saturated rings. The smallest absolute Gasteiger partial charge is 0.270 e. The fourth-order valence-electron chi connectivity index (χ4n) is 6.31. The van der Waals surface area contributed by atoms with E-state index in [1.54, 1.807) is 24.3 Å². The van der Waals surface area contributed by atoms with Crippen LogP contribution in [0.3, 0.4) is 0 Å². The van der Waals surface area contributed by atoms with Crippen LogP contribution >= 0.6 is 0 Å². The Morgan fingerprint density at radius 3 is 2.59 bits per heavy atom. The molecule has 8 nitrogen and oxygen atoms in total. The number of hydrogen-bond donors (Lipinski definition) is 2. The van der Waals surface area contributed by atoms with Crippen molar-refractivity contribution in [3.8, 4) is 0 Å². The first-order valence-corrected chi connectivity index (χ1v) is 13.8. The lowest BCUT2D eigenvalue weighted by atomic mass is 10.00. The van der Waals surface area contributed by atoms with Gasteiger partial charge in [-0.15, -0.1) is 0 Å². The second-order valence-electron chi connectivity index (χ2n) is 10.8. The third-order valence-corrected chi connectivity index (χ3v) is 8.48. The molecule has 0 bridgehead atoms. The summed E-state index contributed by atoms with van der Waals surface area (Å²) < 4.78 is 34.4. The molecule has 1 amide bonds. The zero-order chi connectivity index (χ0) is 26.9. The highest BCUT2D eigenvalue weighted by molar-refractivity contribution is 5.92. The number of anilines is 1. The van der Waals surface area contributed by atoms with Crippen LogP contribution in [0.2, 0.25) is 0 Å². The maximum absolute atomic E-state index is 15.0. The highest BCUT2D eigenvalue weighted by Crippen LogP contribution is 2.37. The van der Waals surface area contributed by atoms with Gasteiger partial charge >= 0.3 is 0 Å². The number of ether oxygens (including phenoxy) is 1. The van der Waals surface area contributed by atoms with Crippen molar-refractivity contribution >= 4 is 22.4 Å². The van der Waals surface area contributed by atoms with Crippen molar-refractivity contribution in [2.75, 3.05) is 44.3 Å². The Labute approximate surface area is 225 Å². The van der Waals surface area contributed by atoms with Gasteiger partial charge in [-0.2, -0.15) is 4.39 Å². The number of pyridine rings is 2. The van der Waals surface area contributed by atoms with Crippen LogP contribution < -0.4 is 15.8 Å². The van der Waals surface area contributed by atoms with Crippen molar-refractivity contribution < 1.29 is 18.3 Å². The van der Waals surface area contributed by atoms with Gasteiger partial charge in [-0.1, -0.05) is 12.1 Å². The zero-order valence-electron chi connectivity index (χ0n) is 21.8. The molecule has 206 valence electrons. The van der Waals surface area contributed by atoms with Gasteiger partial charge in [0, 0.05) is 63.1 Å². The Morgan fingerprint density at radius 2 is 1.82 bits per heavy atom. The highest BCUT2D eigenvalue weighted by Gasteiger charge is 2.33. The minimum absolute atomic E-state index is 0.0310. The molecular weight excluding hydrogens is 504 g/mol. The summed E-state index contributed by atoms with van der Waals surface area (Å²) in [5, 5.41) is 3.67. The Bertz CT molecular complexity index is 1420. The first kappa shape index (κ1) is 25.9. The third-order valence-electron chi connectivity index (χ3n) is 8.48. The van der Waals surface area contributed by atoms with Crippen molar-refractivity contribution in [1.29, 1.82) is 0 Å². The maximum atomic E-state index is 15.0. The molecule has 0 radical (unpaired) electrons. The summed E-state index contributed by atoms with van der Waals surface area (Å²) in [7, 11) is 0. The van der Waals surface area contributed by atoms with Gasteiger partial charge in [0.25, 0.3) is 11.5 Å². The molecule has 1 saturated carbocycles. The van der Waals surface area contributed by atoms with Crippen molar-refractivity contribution in [1.82, 2.24) is 20.2 Å². The molecule has 6 rings (SSSR count). The number of carbonyl (C=O) groups excluding carboxylic acids is 1. The highest BCUT2D eigenvalue weighted by atomic mass is 19.1. The second kappa shape index (κ2) is 11.0. The number of piperazine rings is 1. The number of aromatic amines is 1. The second-order valence-corrected chi connectivity index (χ2v) is 10.8. The lowest BCUT2D eigenvalue weighted by Gasteiger charge is -2.39. The van der Waals surface area contributed by atoms with Gasteiger partial charge in [-0.3, -0.25) is 14.5 Å². The molecule has 39 heavy (non-hydrogen) atoms. The average molecular weight is 538 g/mol. The molecule has 2 aromatic heterocycles. The number of hydrogen-bond acceptors (Lipinski definition) is 6. The van der Waals surface area contributed by atoms with Crippen LogP contribution in [0.15, 0.2) is 41.2 Å². The number of fused-ring (bicyclic) bond motifs is 1. The van der Waals surface area contributed by atoms with E-state index in [0.717, 1.165) is 50.9 Å². The number of H-pyrrole nitrogens is 1. The summed E-state index contributed by atoms with van der Waals surface area (Å²) in [6.07, 6.45) is 4.39. The van der Waals surface area contributed by atoms with E-state index in [4.69, 9.17) is 4.74 Å². The largest absolute Gasteiger partial charge is 0.381 e. The van der Waals surface area contributed by atoms with E-state index in [0.29, 0.717) is 43.4 Å². The van der Waals surface area contributed by atoms with E-state index < -0.39 is 11.8 Å². The minimum Gasteiger partial charge on any atom is -0.381 e. The van der Waals surface area contributed by atoms with Crippen LogP contribution in [-0.4, -0.2) is 72.3 Å². The molecule has 3 aliphatic rings. The van der Waals surface area contributed by atoms with Crippen molar-refractivity contribution in [2.24, 2.45) is 0 Å². The quantitative estimate of drug-likeness (QED) is 0.484. The van der Waals surface area contributed by atoms with Crippen LogP contribution in [0.1, 0.15) is 54.2 Å². The van der Waals surface area contributed by atoms with Gasteiger partial charge in [-0.25, -0.2) is 9.37 Å². The van der Waals surface area contributed by atoms with Crippen LogP contribution in [0.4, 0.5) is 14.5 Å². The predicted octanol–water partition coefficient (Wildman–Crippen LogP) is 3.57. The maximum Gasteiger partial charge on any atom is 0.270 e. The monoisotopic (exact) mass is 537 g/mol. The summed E-state index contributed by atoms with van der Waals surface area (Å²) in [6.45, 7) is 4.15. The van der Waals surface area contributed by atoms with E-state index in [-0.39, 0.29) is 34.5 Å². The molecule has 2 atom stereocenters. The van der Waals surface area contributed by atoms with Gasteiger partial charge in [0.15, 0.2) is 0 Å². The Morgan fingerprint density at radius 1 is 1.03 bits per heavy atom. The van der Waals surface area contributed by atoms with E-state index in [1.807, 2.05) is 11.0 Å². The number of aromatic nitrogens is 2. The molecule has 10 heteroatoms. The minimum atomic E-state index is -0.624. The Balaban J connectivity index is 1.05. The summed E-state index contributed by atoms with van der Waals surface area (Å²) >= 11 is 0. The molecule has 0 spiro atoms. The molecule has 4 heterocycles. The first-order chi connectivity index (χ1) is 19.0. The summed E-state index contributed by atoms with van der Waals surface area (Å²) in [5.41, 5.74) is 1.00. The molecule has 1 aliphatic carbocycles. The number of nitrogens with one attached hydrogen (secondary N) is 2. The number of benzene rings is 1. The van der Waals surface area contributed by atoms with Gasteiger partial charge in [-0.05, 0) is 61.8 Å².